The fourth-order valence-corrected chi connectivity index (χ4v) is 4.16. The normalized spacial score (nSPS) is 14.0. The van der Waals surface area contributed by atoms with Gasteiger partial charge in [0.1, 0.15) is 11.5 Å². The van der Waals surface area contributed by atoms with Crippen LogP contribution in [0.3, 0.4) is 0 Å². The Morgan fingerprint density at radius 2 is 1.76 bits per heavy atom. The molecular formula is C22H23NO5S. The molecule has 29 heavy (non-hydrogen) atoms. The summed E-state index contributed by atoms with van der Waals surface area (Å²) < 4.78 is 10.6. The minimum Gasteiger partial charge on any atom is -0.497 e. The highest BCUT2D eigenvalue weighted by Crippen LogP contribution is 2.42. The van der Waals surface area contributed by atoms with Gasteiger partial charge in [0.15, 0.2) is 0 Å². The first-order chi connectivity index (χ1) is 13.9. The van der Waals surface area contributed by atoms with Gasteiger partial charge in [-0.1, -0.05) is 23.8 Å². The quantitative estimate of drug-likeness (QED) is 0.702. The molecule has 0 aromatic heterocycles. The summed E-state index contributed by atoms with van der Waals surface area (Å²) in [5.41, 5.74) is 3.40. The molecule has 2 aromatic rings. The number of aliphatic hydroxyl groups is 1. The molecule has 0 spiro atoms. The van der Waals surface area contributed by atoms with E-state index in [0.29, 0.717) is 39.0 Å². The molecule has 0 bridgehead atoms. The number of rotatable bonds is 7. The van der Waals surface area contributed by atoms with E-state index < -0.39 is 11.8 Å². The van der Waals surface area contributed by atoms with Crippen molar-refractivity contribution in [2.75, 3.05) is 31.5 Å². The lowest BCUT2D eigenvalue weighted by atomic mass is 9.98. The van der Waals surface area contributed by atoms with Crippen LogP contribution in [0.15, 0.2) is 41.3 Å². The SMILES string of the molecule is COc1ccc(N2C(=O)C(SCCO)=C(c3ccc(C)cc3C)C2=O)c(OC)c1. The van der Waals surface area contributed by atoms with Gasteiger partial charge in [-0.05, 0) is 37.1 Å². The smallest absolute Gasteiger partial charge is 0.272 e. The molecule has 152 valence electrons. The maximum atomic E-state index is 13.4. The van der Waals surface area contributed by atoms with Crippen LogP contribution in [-0.4, -0.2) is 43.5 Å². The third-order valence-electron chi connectivity index (χ3n) is 4.66. The number of ether oxygens (including phenoxy) is 2. The Labute approximate surface area is 174 Å². The van der Waals surface area contributed by atoms with E-state index in [0.717, 1.165) is 16.0 Å². The number of methoxy groups -OCH3 is 2. The van der Waals surface area contributed by atoms with E-state index >= 15 is 0 Å². The van der Waals surface area contributed by atoms with Gasteiger partial charge >= 0.3 is 0 Å². The molecule has 0 unspecified atom stereocenters. The number of thioether (sulfide) groups is 1. The Bertz CT molecular complexity index is 999. The van der Waals surface area contributed by atoms with Gasteiger partial charge in [-0.25, -0.2) is 4.90 Å². The molecule has 1 aliphatic heterocycles. The molecule has 2 aromatic carbocycles. The first-order valence-corrected chi connectivity index (χ1v) is 10.1. The van der Waals surface area contributed by atoms with Gasteiger partial charge in [0.2, 0.25) is 0 Å². The van der Waals surface area contributed by atoms with Crippen molar-refractivity contribution in [1.82, 2.24) is 0 Å². The zero-order valence-electron chi connectivity index (χ0n) is 16.8. The van der Waals surface area contributed by atoms with Gasteiger partial charge < -0.3 is 14.6 Å². The largest absolute Gasteiger partial charge is 0.497 e. The van der Waals surface area contributed by atoms with Gasteiger partial charge in [0.05, 0.1) is 37.0 Å². The molecular weight excluding hydrogens is 390 g/mol. The zero-order chi connectivity index (χ0) is 21.1. The molecule has 0 aliphatic carbocycles. The molecule has 7 heteroatoms. The summed E-state index contributed by atoms with van der Waals surface area (Å²) in [6.45, 7) is 3.79. The Balaban J connectivity index is 2.13. The van der Waals surface area contributed by atoms with Crippen LogP contribution in [0, 0.1) is 13.8 Å². The Morgan fingerprint density at radius 1 is 1.00 bits per heavy atom. The van der Waals surface area contributed by atoms with E-state index in [1.807, 2.05) is 32.0 Å². The van der Waals surface area contributed by atoms with Crippen molar-refractivity contribution >= 4 is 34.8 Å². The second-order valence-electron chi connectivity index (χ2n) is 6.58. The van der Waals surface area contributed by atoms with Gasteiger partial charge in [-0.2, -0.15) is 0 Å². The number of amides is 2. The second kappa shape index (κ2) is 8.71. The topological polar surface area (TPSA) is 76.1 Å². The maximum Gasteiger partial charge on any atom is 0.272 e. The van der Waals surface area contributed by atoms with Crippen molar-refractivity contribution in [3.05, 3.63) is 58.0 Å². The number of carbonyl (C=O) groups is 2. The van der Waals surface area contributed by atoms with Crippen molar-refractivity contribution in [2.45, 2.75) is 13.8 Å². The summed E-state index contributed by atoms with van der Waals surface area (Å²) in [6, 6.07) is 10.7. The molecule has 0 saturated heterocycles. The molecule has 1 N–H and O–H groups in total. The number of imide groups is 1. The number of aryl methyl sites for hydroxylation is 2. The zero-order valence-corrected chi connectivity index (χ0v) is 17.6. The fraction of sp³-hybridized carbons (Fsp3) is 0.273. The Hall–Kier alpha value is -2.77. The van der Waals surface area contributed by atoms with E-state index in [2.05, 4.69) is 0 Å². The van der Waals surface area contributed by atoms with Crippen molar-refractivity contribution in [2.24, 2.45) is 0 Å². The third kappa shape index (κ3) is 3.88. The summed E-state index contributed by atoms with van der Waals surface area (Å²) in [5, 5.41) is 9.26. The van der Waals surface area contributed by atoms with Crippen LogP contribution >= 0.6 is 11.8 Å². The number of nitrogens with zero attached hydrogens (tertiary/aromatic N) is 1. The second-order valence-corrected chi connectivity index (χ2v) is 7.68. The first-order valence-electron chi connectivity index (χ1n) is 9.09. The van der Waals surface area contributed by atoms with Crippen molar-refractivity contribution < 1.29 is 24.2 Å². The lowest BCUT2D eigenvalue weighted by molar-refractivity contribution is -0.119. The average molecular weight is 413 g/mol. The molecule has 3 rings (SSSR count). The van der Waals surface area contributed by atoms with Gasteiger partial charge in [-0.15, -0.1) is 11.8 Å². The van der Waals surface area contributed by atoms with Gasteiger partial charge in [0.25, 0.3) is 11.8 Å². The highest BCUT2D eigenvalue weighted by Gasteiger charge is 2.41. The number of anilines is 1. The number of hydrogen-bond donors (Lipinski definition) is 1. The summed E-state index contributed by atoms with van der Waals surface area (Å²) in [7, 11) is 3.01. The number of hydrogen-bond acceptors (Lipinski definition) is 6. The standard InChI is InChI=1S/C22H23NO5S/c1-13-5-7-16(14(2)11-13)19-20(29-10-9-24)22(26)23(21(19)25)17-8-6-15(27-3)12-18(17)28-4/h5-8,11-12,24H,9-10H2,1-4H3. The minimum absolute atomic E-state index is 0.0956. The van der Waals surface area contributed by atoms with Crippen molar-refractivity contribution in [1.29, 1.82) is 0 Å². The van der Waals surface area contributed by atoms with Crippen LogP contribution in [-0.2, 0) is 9.59 Å². The van der Waals surface area contributed by atoms with Crippen LogP contribution in [0.5, 0.6) is 11.5 Å². The van der Waals surface area contributed by atoms with E-state index in [9.17, 15) is 14.7 Å². The molecule has 0 radical (unpaired) electrons. The number of carbonyl (C=O) groups excluding carboxylic acids is 2. The lowest BCUT2D eigenvalue weighted by Crippen LogP contribution is -2.31. The van der Waals surface area contributed by atoms with Crippen LogP contribution in [0.2, 0.25) is 0 Å². The van der Waals surface area contributed by atoms with E-state index in [1.54, 1.807) is 18.2 Å². The highest BCUT2D eigenvalue weighted by atomic mass is 32.2. The number of aliphatic hydroxyl groups excluding tert-OH is 1. The Kier molecular flexibility index (Phi) is 6.30. The summed E-state index contributed by atoms with van der Waals surface area (Å²) in [5.74, 6) is 0.399. The van der Waals surface area contributed by atoms with Gasteiger partial charge in [-0.3, -0.25) is 9.59 Å². The van der Waals surface area contributed by atoms with E-state index in [1.165, 1.54) is 26.0 Å². The molecule has 0 saturated carbocycles. The predicted molar refractivity (Wildman–Crippen MR) is 114 cm³/mol. The Morgan fingerprint density at radius 3 is 2.38 bits per heavy atom. The molecule has 0 atom stereocenters. The summed E-state index contributed by atoms with van der Waals surface area (Å²) >= 11 is 1.18. The fourth-order valence-electron chi connectivity index (χ4n) is 3.31. The molecule has 1 heterocycles. The first kappa shape index (κ1) is 21.0. The third-order valence-corrected chi connectivity index (χ3v) is 5.71. The van der Waals surface area contributed by atoms with Crippen molar-refractivity contribution in [3.63, 3.8) is 0 Å². The highest BCUT2D eigenvalue weighted by molar-refractivity contribution is 8.04. The van der Waals surface area contributed by atoms with E-state index in [4.69, 9.17) is 9.47 Å². The molecule has 6 nitrogen and oxygen atoms in total. The van der Waals surface area contributed by atoms with E-state index in [-0.39, 0.29) is 6.61 Å². The van der Waals surface area contributed by atoms with Crippen LogP contribution < -0.4 is 14.4 Å². The van der Waals surface area contributed by atoms with Crippen molar-refractivity contribution in [3.8, 4) is 11.5 Å². The maximum absolute atomic E-state index is 13.4. The minimum atomic E-state index is -0.424. The van der Waals surface area contributed by atoms with Crippen LogP contribution in [0.4, 0.5) is 5.69 Å². The molecule has 1 aliphatic rings. The van der Waals surface area contributed by atoms with Crippen LogP contribution in [0.25, 0.3) is 5.57 Å². The molecule has 2 amide bonds. The molecule has 0 fully saturated rings. The van der Waals surface area contributed by atoms with Gasteiger partial charge in [0, 0.05) is 11.8 Å². The lowest BCUT2D eigenvalue weighted by Gasteiger charge is -2.19. The summed E-state index contributed by atoms with van der Waals surface area (Å²) in [4.78, 5) is 28.2. The number of benzene rings is 2. The average Bonchev–Trinajstić information content (AvgIpc) is 2.95. The summed E-state index contributed by atoms with van der Waals surface area (Å²) in [6.07, 6.45) is 0. The monoisotopic (exact) mass is 413 g/mol. The van der Waals surface area contributed by atoms with Crippen LogP contribution in [0.1, 0.15) is 16.7 Å². The predicted octanol–water partition coefficient (Wildman–Crippen LogP) is 3.33.